The average Bonchev–Trinajstić information content (AvgIpc) is 2.89. The van der Waals surface area contributed by atoms with Crippen molar-refractivity contribution in [1.29, 1.82) is 0 Å². The largest absolute Gasteiger partial charge is 0.390 e. The van der Waals surface area contributed by atoms with Gasteiger partial charge in [0, 0.05) is 36.2 Å². The molecule has 3 heteroatoms. The molecule has 25 heavy (non-hydrogen) atoms. The van der Waals surface area contributed by atoms with E-state index in [4.69, 9.17) is 0 Å². The van der Waals surface area contributed by atoms with Gasteiger partial charge in [0.2, 0.25) is 0 Å². The lowest BCUT2D eigenvalue weighted by molar-refractivity contribution is 0.109. The number of fused-ring (bicyclic) bond motifs is 3. The lowest BCUT2D eigenvalue weighted by Gasteiger charge is -2.24. The highest BCUT2D eigenvalue weighted by molar-refractivity contribution is 5.86. The third-order valence-corrected chi connectivity index (χ3v) is 5.17. The lowest BCUT2D eigenvalue weighted by atomic mass is 9.95. The van der Waals surface area contributed by atoms with Crippen molar-refractivity contribution < 1.29 is 5.11 Å². The number of benzene rings is 1. The van der Waals surface area contributed by atoms with Gasteiger partial charge < -0.3 is 9.67 Å². The zero-order chi connectivity index (χ0) is 17.8. The summed E-state index contributed by atoms with van der Waals surface area (Å²) in [5, 5.41) is 12.1. The van der Waals surface area contributed by atoms with Crippen molar-refractivity contribution in [2.75, 3.05) is 19.6 Å². The van der Waals surface area contributed by atoms with Crippen LogP contribution in [-0.4, -0.2) is 40.3 Å². The molecule has 1 heterocycles. The summed E-state index contributed by atoms with van der Waals surface area (Å²) < 4.78 is 2.37. The molecule has 3 rings (SSSR count). The number of hydrogen-bond acceptors (Lipinski definition) is 2. The van der Waals surface area contributed by atoms with Crippen molar-refractivity contribution in [2.45, 2.75) is 45.3 Å². The summed E-state index contributed by atoms with van der Waals surface area (Å²) in [5.41, 5.74) is 5.52. The van der Waals surface area contributed by atoms with Crippen molar-refractivity contribution in [2.24, 2.45) is 0 Å². The number of aromatic nitrogens is 1. The summed E-state index contributed by atoms with van der Waals surface area (Å²) >= 11 is 0. The Balaban J connectivity index is 1.87. The van der Waals surface area contributed by atoms with Crippen LogP contribution in [0.2, 0.25) is 0 Å². The van der Waals surface area contributed by atoms with Gasteiger partial charge in [-0.05, 0) is 50.3 Å². The molecule has 1 aromatic carbocycles. The highest BCUT2D eigenvalue weighted by Crippen LogP contribution is 2.33. The normalized spacial score (nSPS) is 15.3. The monoisotopic (exact) mass is 338 g/mol. The summed E-state index contributed by atoms with van der Waals surface area (Å²) in [4.78, 5) is 2.17. The van der Waals surface area contributed by atoms with Crippen LogP contribution < -0.4 is 0 Å². The van der Waals surface area contributed by atoms with Crippen LogP contribution in [0.25, 0.3) is 10.9 Å². The second-order valence-corrected chi connectivity index (χ2v) is 7.21. The van der Waals surface area contributed by atoms with Gasteiger partial charge >= 0.3 is 0 Å². The molecule has 1 aliphatic rings. The summed E-state index contributed by atoms with van der Waals surface area (Å²) in [5.74, 6) is 0. The smallest absolute Gasteiger partial charge is 0.0846 e. The van der Waals surface area contributed by atoms with Gasteiger partial charge in [-0.1, -0.05) is 23.8 Å². The Morgan fingerprint density at radius 3 is 2.64 bits per heavy atom. The van der Waals surface area contributed by atoms with Crippen LogP contribution in [0.1, 0.15) is 29.7 Å². The molecule has 0 amide bonds. The number of hydrogen-bond donors (Lipinski definition) is 1. The Bertz CT molecular complexity index is 749. The highest BCUT2D eigenvalue weighted by Gasteiger charge is 2.22. The summed E-state index contributed by atoms with van der Waals surface area (Å²) in [7, 11) is 0. The molecule has 0 saturated heterocycles. The SMILES string of the molecule is C=CCN(CC=C)CC(O)Cn1c2c(c3cc(C)ccc31)CCCC2. The van der Waals surface area contributed by atoms with E-state index in [0.29, 0.717) is 13.1 Å². The first-order valence-electron chi connectivity index (χ1n) is 9.36. The van der Waals surface area contributed by atoms with E-state index < -0.39 is 6.10 Å². The van der Waals surface area contributed by atoms with E-state index >= 15 is 0 Å². The van der Waals surface area contributed by atoms with E-state index in [-0.39, 0.29) is 0 Å². The van der Waals surface area contributed by atoms with Crippen LogP contribution in [0.15, 0.2) is 43.5 Å². The predicted octanol–water partition coefficient (Wildman–Crippen LogP) is 3.86. The predicted molar refractivity (Wildman–Crippen MR) is 106 cm³/mol. The van der Waals surface area contributed by atoms with E-state index in [1.165, 1.54) is 40.6 Å². The number of rotatable bonds is 8. The van der Waals surface area contributed by atoms with E-state index in [1.54, 1.807) is 0 Å². The van der Waals surface area contributed by atoms with Crippen LogP contribution in [-0.2, 0) is 19.4 Å². The first kappa shape index (κ1) is 18.0. The van der Waals surface area contributed by atoms with Crippen molar-refractivity contribution in [1.82, 2.24) is 9.47 Å². The van der Waals surface area contributed by atoms with Crippen LogP contribution in [0.3, 0.4) is 0 Å². The van der Waals surface area contributed by atoms with Crippen molar-refractivity contribution in [3.63, 3.8) is 0 Å². The molecule has 1 aromatic heterocycles. The fourth-order valence-electron chi connectivity index (χ4n) is 4.11. The van der Waals surface area contributed by atoms with Crippen molar-refractivity contribution in [3.8, 4) is 0 Å². The Morgan fingerprint density at radius 2 is 1.92 bits per heavy atom. The molecule has 0 saturated carbocycles. The molecular formula is C22H30N2O. The standard InChI is InChI=1S/C22H30N2O/c1-4-12-23(13-5-2)15-18(25)16-24-21-9-7-6-8-19(21)20-14-17(3)10-11-22(20)24/h4-5,10-11,14,18,25H,1-2,6-9,12-13,15-16H2,3H3. The van der Waals surface area contributed by atoms with Crippen molar-refractivity contribution in [3.05, 3.63) is 60.3 Å². The Kier molecular flexibility index (Phi) is 5.77. The van der Waals surface area contributed by atoms with Gasteiger partial charge in [-0.2, -0.15) is 0 Å². The maximum absolute atomic E-state index is 10.7. The summed E-state index contributed by atoms with van der Waals surface area (Å²) in [6.07, 6.45) is 8.17. The Morgan fingerprint density at radius 1 is 1.20 bits per heavy atom. The first-order valence-corrected chi connectivity index (χ1v) is 9.36. The highest BCUT2D eigenvalue weighted by atomic mass is 16.3. The molecule has 1 atom stereocenters. The van der Waals surface area contributed by atoms with Gasteiger partial charge in [0.15, 0.2) is 0 Å². The minimum atomic E-state index is -0.400. The van der Waals surface area contributed by atoms with Gasteiger partial charge in [-0.25, -0.2) is 0 Å². The molecule has 1 N–H and O–H groups in total. The molecule has 2 aromatic rings. The van der Waals surface area contributed by atoms with Crippen LogP contribution >= 0.6 is 0 Å². The molecule has 1 aliphatic carbocycles. The van der Waals surface area contributed by atoms with Gasteiger partial charge in [-0.15, -0.1) is 13.2 Å². The maximum Gasteiger partial charge on any atom is 0.0846 e. The molecule has 0 fully saturated rings. The van der Waals surface area contributed by atoms with E-state index in [9.17, 15) is 5.11 Å². The number of nitrogens with zero attached hydrogens (tertiary/aromatic N) is 2. The topological polar surface area (TPSA) is 28.4 Å². The molecule has 0 aliphatic heterocycles. The number of aryl methyl sites for hydroxylation is 2. The summed E-state index contributed by atoms with van der Waals surface area (Å²) in [6.45, 7) is 12.6. The van der Waals surface area contributed by atoms with Gasteiger partial charge in [0.25, 0.3) is 0 Å². The Labute approximate surface area is 151 Å². The average molecular weight is 338 g/mol. The second kappa shape index (κ2) is 8.03. The van der Waals surface area contributed by atoms with E-state index in [1.807, 2.05) is 12.2 Å². The van der Waals surface area contributed by atoms with Crippen LogP contribution in [0.5, 0.6) is 0 Å². The maximum atomic E-state index is 10.7. The Hall–Kier alpha value is -1.84. The zero-order valence-corrected chi connectivity index (χ0v) is 15.4. The van der Waals surface area contributed by atoms with Crippen LogP contribution in [0, 0.1) is 6.92 Å². The van der Waals surface area contributed by atoms with E-state index in [0.717, 1.165) is 25.9 Å². The minimum Gasteiger partial charge on any atom is -0.390 e. The first-order chi connectivity index (χ1) is 12.1. The quantitative estimate of drug-likeness (QED) is 0.740. The minimum absolute atomic E-state index is 0.400. The van der Waals surface area contributed by atoms with E-state index in [2.05, 4.69) is 47.7 Å². The molecule has 134 valence electrons. The molecule has 0 radical (unpaired) electrons. The fraction of sp³-hybridized carbons (Fsp3) is 0.455. The lowest BCUT2D eigenvalue weighted by Crippen LogP contribution is -2.35. The molecule has 1 unspecified atom stereocenters. The molecule has 0 spiro atoms. The van der Waals surface area contributed by atoms with Crippen molar-refractivity contribution >= 4 is 10.9 Å². The summed E-state index contributed by atoms with van der Waals surface area (Å²) in [6, 6.07) is 6.71. The second-order valence-electron chi connectivity index (χ2n) is 7.21. The van der Waals surface area contributed by atoms with Crippen LogP contribution in [0.4, 0.5) is 0 Å². The fourth-order valence-corrected chi connectivity index (χ4v) is 4.11. The number of aliphatic hydroxyl groups excluding tert-OH is 1. The molecular weight excluding hydrogens is 308 g/mol. The molecule has 3 nitrogen and oxygen atoms in total. The molecule has 0 bridgehead atoms. The van der Waals surface area contributed by atoms with Gasteiger partial charge in [0.1, 0.15) is 0 Å². The van der Waals surface area contributed by atoms with Gasteiger partial charge in [0.05, 0.1) is 12.6 Å². The zero-order valence-electron chi connectivity index (χ0n) is 15.4. The van der Waals surface area contributed by atoms with Gasteiger partial charge in [-0.3, -0.25) is 4.90 Å². The third kappa shape index (κ3) is 3.88. The number of aliphatic hydroxyl groups is 1. The third-order valence-electron chi connectivity index (χ3n) is 5.17.